The second kappa shape index (κ2) is 16.5. The molecule has 1 aromatic rings. The van der Waals surface area contributed by atoms with E-state index in [9.17, 15) is 28.8 Å². The number of hydroxylamine groups is 3. The summed E-state index contributed by atoms with van der Waals surface area (Å²) in [6, 6.07) is 3.82. The third-order valence-electron chi connectivity index (χ3n) is 4.69. The van der Waals surface area contributed by atoms with Crippen LogP contribution in [0, 0.1) is 0 Å². The molecule has 9 N–H and O–H groups in total. The van der Waals surface area contributed by atoms with Crippen molar-refractivity contribution in [3.05, 3.63) is 34.9 Å². The fourth-order valence-corrected chi connectivity index (χ4v) is 2.85. The number of rotatable bonds is 15. The molecule has 0 atom stereocenters. The van der Waals surface area contributed by atoms with Crippen LogP contribution in [-0.2, 0) is 14.4 Å². The van der Waals surface area contributed by atoms with Crippen molar-refractivity contribution in [2.75, 3.05) is 19.6 Å². The van der Waals surface area contributed by atoms with E-state index in [-0.39, 0.29) is 74.8 Å². The Bertz CT molecular complexity index is 822. The van der Waals surface area contributed by atoms with E-state index in [1.807, 2.05) is 0 Å². The first kappa shape index (κ1) is 30.0. The van der Waals surface area contributed by atoms with Gasteiger partial charge in [-0.2, -0.15) is 0 Å². The van der Waals surface area contributed by atoms with Crippen molar-refractivity contribution in [1.82, 2.24) is 32.4 Å². The molecule has 0 saturated heterocycles. The Morgan fingerprint density at radius 3 is 0.972 bits per heavy atom. The molecule has 0 saturated carbocycles. The Kier molecular flexibility index (Phi) is 13.8. The van der Waals surface area contributed by atoms with Crippen LogP contribution in [0.2, 0.25) is 0 Å². The third-order valence-corrected chi connectivity index (χ3v) is 4.69. The first-order chi connectivity index (χ1) is 17.2. The lowest BCUT2D eigenvalue weighted by Gasteiger charge is -2.11. The Balaban J connectivity index is 2.91. The van der Waals surface area contributed by atoms with Crippen LogP contribution in [0.3, 0.4) is 0 Å². The van der Waals surface area contributed by atoms with Crippen LogP contribution in [0.25, 0.3) is 0 Å². The minimum absolute atomic E-state index is 0.00118. The highest BCUT2D eigenvalue weighted by molar-refractivity contribution is 6.04. The maximum absolute atomic E-state index is 12.6. The summed E-state index contributed by atoms with van der Waals surface area (Å²) in [5, 5.41) is 33.1. The van der Waals surface area contributed by atoms with Crippen molar-refractivity contribution in [1.29, 1.82) is 0 Å². The molecule has 1 rings (SSSR count). The molecule has 0 aromatic heterocycles. The summed E-state index contributed by atoms with van der Waals surface area (Å²) in [5.41, 5.74) is 4.42. The molecule has 0 spiro atoms. The molecule has 0 aliphatic rings. The number of amides is 6. The Hall–Kier alpha value is -4.08. The van der Waals surface area contributed by atoms with Gasteiger partial charge < -0.3 is 16.0 Å². The summed E-state index contributed by atoms with van der Waals surface area (Å²) < 4.78 is 0. The van der Waals surface area contributed by atoms with Gasteiger partial charge in [-0.05, 0) is 37.5 Å². The van der Waals surface area contributed by atoms with Gasteiger partial charge in [0.25, 0.3) is 17.7 Å². The standard InChI is InChI=1S/C21H30N6O9/c28-16(25-34)4-1-7-22-19(31)13-10-14(20(32)23-8-2-5-17(29)26-35)12-15(11-13)21(33)24-9-3-6-18(30)27-36/h10-12,34-36H,1-9H2,(H,22,31)(H,23,32)(H,24,33)(H,25,28)(H,26,29)(H,27,30). The SMILES string of the molecule is O=C(CCCNC(=O)c1cc(C(=O)NCCCC(=O)NO)cc(C(=O)NCCCC(=O)NO)c1)NO. The average Bonchev–Trinajstić information content (AvgIpc) is 2.89. The van der Waals surface area contributed by atoms with Gasteiger partial charge in [0, 0.05) is 55.6 Å². The summed E-state index contributed by atoms with van der Waals surface area (Å²) in [6.07, 6.45) is 0.595. The molecule has 6 amide bonds. The summed E-state index contributed by atoms with van der Waals surface area (Å²) in [4.78, 5) is 70.9. The quantitative estimate of drug-likeness (QED) is 0.0776. The van der Waals surface area contributed by atoms with Gasteiger partial charge in [0.2, 0.25) is 17.7 Å². The first-order valence-electron chi connectivity index (χ1n) is 11.0. The normalized spacial score (nSPS) is 10.1. The minimum atomic E-state index is -0.616. The fourth-order valence-electron chi connectivity index (χ4n) is 2.85. The molecule has 0 radical (unpaired) electrons. The molecular weight excluding hydrogens is 480 g/mol. The molecule has 0 bridgehead atoms. The summed E-state index contributed by atoms with van der Waals surface area (Å²) in [7, 11) is 0. The Labute approximate surface area is 205 Å². The summed E-state index contributed by atoms with van der Waals surface area (Å²) >= 11 is 0. The Morgan fingerprint density at radius 2 is 0.750 bits per heavy atom. The zero-order valence-corrected chi connectivity index (χ0v) is 19.4. The number of benzene rings is 1. The van der Waals surface area contributed by atoms with Crippen LogP contribution in [-0.4, -0.2) is 70.7 Å². The maximum Gasteiger partial charge on any atom is 0.251 e. The van der Waals surface area contributed by atoms with Gasteiger partial charge in [-0.25, -0.2) is 16.4 Å². The van der Waals surface area contributed by atoms with Crippen LogP contribution in [0.15, 0.2) is 18.2 Å². The van der Waals surface area contributed by atoms with E-state index in [1.165, 1.54) is 34.6 Å². The molecular formula is C21H30N6O9. The largest absolute Gasteiger partial charge is 0.352 e. The van der Waals surface area contributed by atoms with Crippen molar-refractivity contribution >= 4 is 35.4 Å². The van der Waals surface area contributed by atoms with E-state index in [0.717, 1.165) is 0 Å². The summed E-state index contributed by atoms with van der Waals surface area (Å²) in [5.74, 6) is -3.67. The van der Waals surface area contributed by atoms with Crippen LogP contribution in [0.5, 0.6) is 0 Å². The van der Waals surface area contributed by atoms with Crippen LogP contribution >= 0.6 is 0 Å². The Morgan fingerprint density at radius 1 is 0.500 bits per heavy atom. The molecule has 0 unspecified atom stereocenters. The van der Waals surface area contributed by atoms with Gasteiger partial charge in [-0.1, -0.05) is 0 Å². The predicted octanol–water partition coefficient (Wildman–Crippen LogP) is -1.27. The molecule has 0 aliphatic heterocycles. The molecule has 36 heavy (non-hydrogen) atoms. The van der Waals surface area contributed by atoms with E-state index in [0.29, 0.717) is 0 Å². The van der Waals surface area contributed by atoms with Gasteiger partial charge in [0.1, 0.15) is 0 Å². The molecule has 1 aromatic carbocycles. The highest BCUT2D eigenvalue weighted by atomic mass is 16.5. The van der Waals surface area contributed by atoms with Crippen molar-refractivity contribution in [2.45, 2.75) is 38.5 Å². The summed E-state index contributed by atoms with van der Waals surface area (Å²) in [6.45, 7) is 0.262. The van der Waals surface area contributed by atoms with Crippen molar-refractivity contribution < 1.29 is 44.4 Å². The van der Waals surface area contributed by atoms with Crippen molar-refractivity contribution in [3.8, 4) is 0 Å². The van der Waals surface area contributed by atoms with Crippen LogP contribution in [0.4, 0.5) is 0 Å². The van der Waals surface area contributed by atoms with Gasteiger partial charge in [-0.3, -0.25) is 44.4 Å². The number of carbonyl (C=O) groups is 6. The zero-order valence-electron chi connectivity index (χ0n) is 19.4. The molecule has 15 heteroatoms. The lowest BCUT2D eigenvalue weighted by atomic mass is 10.0. The number of hydrogen-bond acceptors (Lipinski definition) is 9. The molecule has 0 heterocycles. The average molecular weight is 511 g/mol. The van der Waals surface area contributed by atoms with E-state index in [1.54, 1.807) is 0 Å². The fraction of sp³-hybridized carbons (Fsp3) is 0.429. The van der Waals surface area contributed by atoms with Gasteiger partial charge in [0.15, 0.2) is 0 Å². The monoisotopic (exact) mass is 510 g/mol. The first-order valence-corrected chi connectivity index (χ1v) is 11.0. The van der Waals surface area contributed by atoms with Gasteiger partial charge >= 0.3 is 0 Å². The second-order valence-electron chi connectivity index (χ2n) is 7.48. The number of carbonyl (C=O) groups excluding carboxylic acids is 6. The molecule has 0 aliphatic carbocycles. The number of hydrogen-bond donors (Lipinski definition) is 9. The third kappa shape index (κ3) is 11.4. The zero-order chi connectivity index (χ0) is 26.9. The molecule has 198 valence electrons. The smallest absolute Gasteiger partial charge is 0.251 e. The topological polar surface area (TPSA) is 235 Å². The lowest BCUT2D eigenvalue weighted by molar-refractivity contribution is -0.129. The van der Waals surface area contributed by atoms with Gasteiger partial charge in [-0.15, -0.1) is 0 Å². The molecule has 0 fully saturated rings. The lowest BCUT2D eigenvalue weighted by Crippen LogP contribution is -2.30. The van der Waals surface area contributed by atoms with E-state index < -0.39 is 35.4 Å². The minimum Gasteiger partial charge on any atom is -0.352 e. The number of nitrogens with one attached hydrogen (secondary N) is 6. The highest BCUT2D eigenvalue weighted by Crippen LogP contribution is 2.12. The maximum atomic E-state index is 12.6. The van der Waals surface area contributed by atoms with Crippen molar-refractivity contribution in [2.24, 2.45) is 0 Å². The molecule has 15 nitrogen and oxygen atoms in total. The van der Waals surface area contributed by atoms with Crippen LogP contribution in [0.1, 0.15) is 69.6 Å². The highest BCUT2D eigenvalue weighted by Gasteiger charge is 2.17. The van der Waals surface area contributed by atoms with Crippen LogP contribution < -0.4 is 32.4 Å². The van der Waals surface area contributed by atoms with E-state index >= 15 is 0 Å². The van der Waals surface area contributed by atoms with E-state index in [2.05, 4.69) is 16.0 Å². The van der Waals surface area contributed by atoms with E-state index in [4.69, 9.17) is 15.6 Å². The predicted molar refractivity (Wildman–Crippen MR) is 121 cm³/mol. The van der Waals surface area contributed by atoms with Gasteiger partial charge in [0.05, 0.1) is 0 Å². The van der Waals surface area contributed by atoms with Crippen molar-refractivity contribution in [3.63, 3.8) is 0 Å². The second-order valence-corrected chi connectivity index (χ2v) is 7.48.